The molecule has 12 nitrogen and oxygen atoms in total. The second-order valence-corrected chi connectivity index (χ2v) is 14.4. The van der Waals surface area contributed by atoms with E-state index < -0.39 is 23.9 Å². The zero-order valence-electron chi connectivity index (χ0n) is 31.5. The molecule has 12 heteroatoms. The standard InChI is InChI=1S/C40H61N7O5/c1-28(2)23-34(36(48)25-32(17-11-12-20-41)39(51)47-21-18-33(19-22-47)44-40(52)42-4)46-38(50)35(24-30-13-7-5-8-14-30)45-37(49)27-43-26-29(3)31-15-9-6-10-16-31/h5-10,13-16,28-29,32-35,43H,11-12,17-27,41H2,1-4H3,(H,45,49)(H,46,50)(H2,42,44,52)/t29-,32-,34+,35+/m0/s1. The van der Waals surface area contributed by atoms with E-state index >= 15 is 0 Å². The van der Waals surface area contributed by atoms with E-state index in [-0.39, 0.29) is 60.9 Å². The molecule has 0 saturated carbocycles. The molecule has 286 valence electrons. The predicted octanol–water partition coefficient (Wildman–Crippen LogP) is 3.26. The monoisotopic (exact) mass is 719 g/mol. The number of nitrogens with two attached hydrogens (primary N) is 1. The Bertz CT molecular complexity index is 1400. The molecule has 3 rings (SSSR count). The van der Waals surface area contributed by atoms with Crippen molar-refractivity contribution < 1.29 is 24.0 Å². The van der Waals surface area contributed by atoms with Gasteiger partial charge in [-0.05, 0) is 61.6 Å². The number of piperidine rings is 1. The highest BCUT2D eigenvalue weighted by molar-refractivity contribution is 5.95. The van der Waals surface area contributed by atoms with Crippen LogP contribution in [-0.4, -0.2) is 92.3 Å². The quantitative estimate of drug-likeness (QED) is 0.107. The molecule has 5 amide bonds. The number of hydrogen-bond donors (Lipinski definition) is 6. The Morgan fingerprint density at radius 1 is 0.865 bits per heavy atom. The van der Waals surface area contributed by atoms with E-state index in [1.165, 1.54) is 5.56 Å². The summed E-state index contributed by atoms with van der Waals surface area (Å²) in [7, 11) is 1.57. The van der Waals surface area contributed by atoms with Gasteiger partial charge in [0.2, 0.25) is 17.7 Å². The van der Waals surface area contributed by atoms with E-state index in [9.17, 15) is 24.0 Å². The van der Waals surface area contributed by atoms with E-state index in [1.807, 2.05) is 62.4 Å². The molecule has 52 heavy (non-hydrogen) atoms. The maximum Gasteiger partial charge on any atom is 0.314 e. The summed E-state index contributed by atoms with van der Waals surface area (Å²) in [5, 5.41) is 14.6. The van der Waals surface area contributed by atoms with Crippen LogP contribution in [0, 0.1) is 11.8 Å². The van der Waals surface area contributed by atoms with Crippen LogP contribution in [0.5, 0.6) is 0 Å². The molecule has 7 N–H and O–H groups in total. The van der Waals surface area contributed by atoms with E-state index in [0.29, 0.717) is 58.3 Å². The minimum absolute atomic E-state index is 0.00325. The number of benzene rings is 2. The van der Waals surface area contributed by atoms with Crippen LogP contribution < -0.4 is 32.3 Å². The normalized spacial score (nSPS) is 15.6. The molecule has 0 bridgehead atoms. The molecule has 2 aromatic carbocycles. The summed E-state index contributed by atoms with van der Waals surface area (Å²) in [5.74, 6) is -1.30. The van der Waals surface area contributed by atoms with Crippen LogP contribution in [0.25, 0.3) is 0 Å². The number of unbranched alkanes of at least 4 members (excludes halogenated alkanes) is 1. The Labute approximate surface area is 309 Å². The number of rotatable bonds is 21. The molecule has 0 radical (unpaired) electrons. The first-order chi connectivity index (χ1) is 25.0. The molecule has 0 aromatic heterocycles. The van der Waals surface area contributed by atoms with Crippen LogP contribution in [0.3, 0.4) is 0 Å². The molecular weight excluding hydrogens is 658 g/mol. The van der Waals surface area contributed by atoms with Crippen LogP contribution in [0.1, 0.15) is 82.8 Å². The largest absolute Gasteiger partial charge is 0.344 e. The van der Waals surface area contributed by atoms with Crippen molar-refractivity contribution in [2.24, 2.45) is 17.6 Å². The van der Waals surface area contributed by atoms with Crippen LogP contribution in [-0.2, 0) is 25.6 Å². The maximum absolute atomic E-state index is 14.0. The van der Waals surface area contributed by atoms with Crippen molar-refractivity contribution in [2.45, 2.75) is 96.2 Å². The van der Waals surface area contributed by atoms with Crippen molar-refractivity contribution in [3.63, 3.8) is 0 Å². The second-order valence-electron chi connectivity index (χ2n) is 14.4. The van der Waals surface area contributed by atoms with Gasteiger partial charge in [0.05, 0.1) is 12.6 Å². The lowest BCUT2D eigenvalue weighted by molar-refractivity contribution is -0.140. The van der Waals surface area contributed by atoms with Crippen LogP contribution in [0.4, 0.5) is 4.79 Å². The summed E-state index contributed by atoms with van der Waals surface area (Å²) in [4.78, 5) is 68.5. The second kappa shape index (κ2) is 22.6. The van der Waals surface area contributed by atoms with Gasteiger partial charge in [-0.1, -0.05) is 87.9 Å². The maximum atomic E-state index is 14.0. The van der Waals surface area contributed by atoms with Crippen molar-refractivity contribution >= 4 is 29.5 Å². The summed E-state index contributed by atoms with van der Waals surface area (Å²) in [6.07, 6.45) is 3.88. The van der Waals surface area contributed by atoms with E-state index in [0.717, 1.165) is 12.0 Å². The summed E-state index contributed by atoms with van der Waals surface area (Å²) >= 11 is 0. The minimum atomic E-state index is -0.905. The number of urea groups is 1. The number of ketones is 1. The fourth-order valence-electron chi connectivity index (χ4n) is 6.61. The summed E-state index contributed by atoms with van der Waals surface area (Å²) in [6.45, 7) is 8.15. The zero-order valence-corrected chi connectivity index (χ0v) is 31.5. The Kier molecular flexibility index (Phi) is 18.3. The minimum Gasteiger partial charge on any atom is -0.344 e. The number of likely N-dealkylation sites (tertiary alicyclic amines) is 1. The molecule has 1 aliphatic rings. The summed E-state index contributed by atoms with van der Waals surface area (Å²) in [6, 6.07) is 17.5. The first-order valence-corrected chi connectivity index (χ1v) is 18.9. The van der Waals surface area contributed by atoms with Crippen LogP contribution in [0.2, 0.25) is 0 Å². The van der Waals surface area contributed by atoms with Crippen LogP contribution >= 0.6 is 0 Å². The number of carbonyl (C=O) groups excluding carboxylic acids is 5. The molecule has 1 fully saturated rings. The number of Topliss-reactive ketones (excluding diaryl/α,β-unsaturated/α-hetero) is 1. The lowest BCUT2D eigenvalue weighted by atomic mass is 9.89. The molecule has 0 unspecified atom stereocenters. The van der Waals surface area contributed by atoms with E-state index in [4.69, 9.17) is 5.73 Å². The van der Waals surface area contributed by atoms with E-state index in [1.54, 1.807) is 11.9 Å². The number of carbonyl (C=O) groups is 5. The van der Waals surface area contributed by atoms with E-state index in [2.05, 4.69) is 45.6 Å². The first-order valence-electron chi connectivity index (χ1n) is 18.9. The Balaban J connectivity index is 1.69. The van der Waals surface area contributed by atoms with Gasteiger partial charge in [-0.15, -0.1) is 0 Å². The van der Waals surface area contributed by atoms with Crippen molar-refractivity contribution in [1.29, 1.82) is 0 Å². The third-order valence-corrected chi connectivity index (χ3v) is 9.62. The number of amides is 5. The zero-order chi connectivity index (χ0) is 37.9. The molecule has 1 aliphatic heterocycles. The Morgan fingerprint density at radius 3 is 2.13 bits per heavy atom. The lowest BCUT2D eigenvalue weighted by Gasteiger charge is -2.35. The van der Waals surface area contributed by atoms with Gasteiger partial charge in [-0.3, -0.25) is 19.2 Å². The van der Waals surface area contributed by atoms with Gasteiger partial charge in [0.1, 0.15) is 6.04 Å². The lowest BCUT2D eigenvalue weighted by Crippen LogP contribution is -2.54. The third-order valence-electron chi connectivity index (χ3n) is 9.62. The fraction of sp³-hybridized carbons (Fsp3) is 0.575. The predicted molar refractivity (Wildman–Crippen MR) is 204 cm³/mol. The molecule has 1 saturated heterocycles. The van der Waals surface area contributed by atoms with Crippen LogP contribution in [0.15, 0.2) is 60.7 Å². The summed E-state index contributed by atoms with van der Waals surface area (Å²) < 4.78 is 0. The Morgan fingerprint density at radius 2 is 1.52 bits per heavy atom. The molecular formula is C40H61N7O5. The van der Waals surface area contributed by atoms with Gasteiger partial charge < -0.3 is 37.2 Å². The highest BCUT2D eigenvalue weighted by Gasteiger charge is 2.33. The molecule has 0 spiro atoms. The first kappa shape index (κ1) is 42.1. The van der Waals surface area contributed by atoms with Crippen molar-refractivity contribution in [3.8, 4) is 0 Å². The number of nitrogens with zero attached hydrogens (tertiary/aromatic N) is 1. The van der Waals surface area contributed by atoms with Gasteiger partial charge in [-0.25, -0.2) is 4.79 Å². The highest BCUT2D eigenvalue weighted by atomic mass is 16.2. The molecule has 0 aliphatic carbocycles. The smallest absolute Gasteiger partial charge is 0.314 e. The van der Waals surface area contributed by atoms with Crippen molar-refractivity contribution in [1.82, 2.24) is 31.5 Å². The average molecular weight is 720 g/mol. The number of hydrogen-bond acceptors (Lipinski definition) is 7. The Hall–Kier alpha value is -4.29. The number of nitrogens with one attached hydrogen (secondary N) is 5. The third kappa shape index (κ3) is 14.7. The molecule has 2 aromatic rings. The van der Waals surface area contributed by atoms with Gasteiger partial charge in [-0.2, -0.15) is 0 Å². The highest BCUT2D eigenvalue weighted by Crippen LogP contribution is 2.22. The average Bonchev–Trinajstić information content (AvgIpc) is 3.14. The summed E-state index contributed by atoms with van der Waals surface area (Å²) in [5.41, 5.74) is 7.80. The topological polar surface area (TPSA) is 175 Å². The van der Waals surface area contributed by atoms with Gasteiger partial charge >= 0.3 is 6.03 Å². The van der Waals surface area contributed by atoms with Crippen molar-refractivity contribution in [3.05, 3.63) is 71.8 Å². The van der Waals surface area contributed by atoms with Gasteiger partial charge in [0.15, 0.2) is 5.78 Å². The molecule has 1 heterocycles. The van der Waals surface area contributed by atoms with Crippen molar-refractivity contribution in [2.75, 3.05) is 39.8 Å². The molecule has 4 atom stereocenters. The fourth-order valence-corrected chi connectivity index (χ4v) is 6.61. The SMILES string of the molecule is CNC(=O)NC1CCN(C(=O)[C@@H](CCCCN)CC(=O)[C@@H](CC(C)C)NC(=O)[C@@H](Cc2ccccc2)NC(=O)CNC[C@H](C)c2ccccc2)CC1. The van der Waals surface area contributed by atoms with Gasteiger partial charge in [0, 0.05) is 51.5 Å². The van der Waals surface area contributed by atoms with Gasteiger partial charge in [0.25, 0.3) is 0 Å².